The van der Waals surface area contributed by atoms with Crippen LogP contribution in [0.4, 0.5) is 28.7 Å². The zero-order chi connectivity index (χ0) is 11.2. The molecule has 6 nitrogen and oxygen atoms in total. The summed E-state index contributed by atoms with van der Waals surface area (Å²) in [4.78, 5) is 3.91. The first-order valence-electron chi connectivity index (χ1n) is 4.30. The first-order chi connectivity index (χ1) is 7.02. The highest BCUT2D eigenvalue weighted by molar-refractivity contribution is 6.11. The van der Waals surface area contributed by atoms with E-state index in [0.29, 0.717) is 33.7 Å². The molecule has 78 valence electrons. The predicted molar refractivity (Wildman–Crippen MR) is 63.8 cm³/mol. The Balaban J connectivity index is 3.04. The highest BCUT2D eigenvalue weighted by Crippen LogP contribution is 2.36. The number of hydrogen-bond acceptors (Lipinski definition) is 6. The van der Waals surface area contributed by atoms with E-state index in [1.165, 1.54) is 0 Å². The number of pyridine rings is 1. The lowest BCUT2D eigenvalue weighted by molar-refractivity contribution is 1.38. The molecule has 0 radical (unpaired) electrons. The third-order valence-corrected chi connectivity index (χ3v) is 2.34. The molecule has 0 aliphatic rings. The second kappa shape index (κ2) is 2.81. The van der Waals surface area contributed by atoms with Crippen LogP contribution in [0.1, 0.15) is 0 Å². The van der Waals surface area contributed by atoms with E-state index in [9.17, 15) is 0 Å². The van der Waals surface area contributed by atoms with E-state index in [2.05, 4.69) is 4.98 Å². The van der Waals surface area contributed by atoms with E-state index in [0.717, 1.165) is 0 Å². The molecule has 1 aromatic heterocycles. The Bertz CT molecular complexity index is 540. The number of nitrogen functional groups attached to an aromatic ring is 5. The summed E-state index contributed by atoms with van der Waals surface area (Å²) in [7, 11) is 0. The summed E-state index contributed by atoms with van der Waals surface area (Å²) in [5.74, 6) is 0.459. The Morgan fingerprint density at radius 1 is 0.800 bits per heavy atom. The molecule has 0 atom stereocenters. The predicted octanol–water partition coefficient (Wildman–Crippen LogP) is 0.146. The number of hydrogen-bond donors (Lipinski definition) is 5. The van der Waals surface area contributed by atoms with E-state index in [-0.39, 0.29) is 5.82 Å². The first kappa shape index (κ1) is 9.20. The zero-order valence-electron chi connectivity index (χ0n) is 7.99. The molecule has 0 unspecified atom stereocenters. The van der Waals surface area contributed by atoms with Crippen molar-refractivity contribution in [3.8, 4) is 0 Å². The molecule has 0 bridgehead atoms. The fraction of sp³-hybridized carbons (Fsp3) is 0. The van der Waals surface area contributed by atoms with Gasteiger partial charge in [-0.05, 0) is 12.1 Å². The van der Waals surface area contributed by atoms with Gasteiger partial charge in [0.15, 0.2) is 0 Å². The summed E-state index contributed by atoms with van der Waals surface area (Å²) in [5, 5.41) is 1.23. The van der Waals surface area contributed by atoms with Gasteiger partial charge in [-0.2, -0.15) is 0 Å². The van der Waals surface area contributed by atoms with Gasteiger partial charge in [0.1, 0.15) is 11.6 Å². The Hall–Kier alpha value is -2.37. The lowest BCUT2D eigenvalue weighted by atomic mass is 10.1. The standard InChI is InChI=1S/C9H12N6/c10-4-2-1-3-5(6(4)11)7(12)9(14)15-8(3)13/h1-2H,10-12H2,(H4,13,14,15). The van der Waals surface area contributed by atoms with Crippen LogP contribution in [0.5, 0.6) is 0 Å². The molecule has 2 aromatic rings. The van der Waals surface area contributed by atoms with Crippen LogP contribution in [-0.2, 0) is 0 Å². The average molecular weight is 204 g/mol. The van der Waals surface area contributed by atoms with Gasteiger partial charge in [-0.15, -0.1) is 0 Å². The van der Waals surface area contributed by atoms with Gasteiger partial charge in [0.25, 0.3) is 0 Å². The molecule has 0 aliphatic heterocycles. The van der Waals surface area contributed by atoms with Crippen LogP contribution in [0.25, 0.3) is 10.8 Å². The maximum Gasteiger partial charge on any atom is 0.149 e. The fourth-order valence-electron chi connectivity index (χ4n) is 1.52. The van der Waals surface area contributed by atoms with Crippen LogP contribution in [0.3, 0.4) is 0 Å². The molecule has 10 N–H and O–H groups in total. The van der Waals surface area contributed by atoms with Crippen molar-refractivity contribution in [2.75, 3.05) is 28.7 Å². The summed E-state index contributed by atoms with van der Waals surface area (Å²) < 4.78 is 0. The first-order valence-corrected chi connectivity index (χ1v) is 4.30. The summed E-state index contributed by atoms with van der Waals surface area (Å²) in [6.45, 7) is 0. The van der Waals surface area contributed by atoms with Crippen molar-refractivity contribution in [2.45, 2.75) is 0 Å². The minimum atomic E-state index is 0.164. The van der Waals surface area contributed by atoms with E-state index >= 15 is 0 Å². The number of benzene rings is 1. The summed E-state index contributed by atoms with van der Waals surface area (Å²) in [6.07, 6.45) is 0. The molecule has 0 saturated heterocycles. The van der Waals surface area contributed by atoms with Gasteiger partial charge in [-0.1, -0.05) is 0 Å². The number of aromatic nitrogens is 1. The summed E-state index contributed by atoms with van der Waals surface area (Å²) in [6, 6.07) is 3.38. The zero-order valence-corrected chi connectivity index (χ0v) is 7.99. The Kier molecular flexibility index (Phi) is 1.72. The molecule has 6 heteroatoms. The minimum absolute atomic E-state index is 0.164. The lowest BCUT2D eigenvalue weighted by Gasteiger charge is -2.11. The van der Waals surface area contributed by atoms with Gasteiger partial charge in [0.05, 0.1) is 17.1 Å². The molecule has 0 aliphatic carbocycles. The van der Waals surface area contributed by atoms with Gasteiger partial charge in [-0.3, -0.25) is 0 Å². The van der Waals surface area contributed by atoms with Crippen molar-refractivity contribution < 1.29 is 0 Å². The maximum absolute atomic E-state index is 5.81. The Morgan fingerprint density at radius 2 is 1.47 bits per heavy atom. The van der Waals surface area contributed by atoms with Crippen LogP contribution in [-0.4, -0.2) is 4.98 Å². The van der Waals surface area contributed by atoms with Gasteiger partial charge < -0.3 is 28.7 Å². The molecular weight excluding hydrogens is 192 g/mol. The van der Waals surface area contributed by atoms with E-state index in [4.69, 9.17) is 28.7 Å². The highest BCUT2D eigenvalue weighted by Gasteiger charge is 2.11. The summed E-state index contributed by atoms with van der Waals surface area (Å²) >= 11 is 0. The van der Waals surface area contributed by atoms with Crippen LogP contribution in [0.15, 0.2) is 12.1 Å². The number of rotatable bonds is 0. The molecule has 0 saturated carbocycles. The van der Waals surface area contributed by atoms with Gasteiger partial charge >= 0.3 is 0 Å². The molecular formula is C9H12N6. The Labute approximate surface area is 86.0 Å². The number of fused-ring (bicyclic) bond motifs is 1. The topological polar surface area (TPSA) is 143 Å². The van der Waals surface area contributed by atoms with Crippen molar-refractivity contribution in [1.82, 2.24) is 4.98 Å². The van der Waals surface area contributed by atoms with Gasteiger partial charge in [0.2, 0.25) is 0 Å². The molecule has 1 aromatic carbocycles. The molecule has 0 fully saturated rings. The lowest BCUT2D eigenvalue weighted by Crippen LogP contribution is -2.05. The van der Waals surface area contributed by atoms with Crippen LogP contribution >= 0.6 is 0 Å². The molecule has 2 rings (SSSR count). The van der Waals surface area contributed by atoms with Crippen molar-refractivity contribution in [1.29, 1.82) is 0 Å². The maximum atomic E-state index is 5.81. The molecule has 0 spiro atoms. The number of anilines is 5. The third kappa shape index (κ3) is 1.15. The molecule has 1 heterocycles. The second-order valence-electron chi connectivity index (χ2n) is 3.29. The smallest absolute Gasteiger partial charge is 0.149 e. The van der Waals surface area contributed by atoms with Crippen LogP contribution < -0.4 is 28.7 Å². The van der Waals surface area contributed by atoms with Gasteiger partial charge in [0, 0.05) is 10.8 Å². The molecule has 0 amide bonds. The fourth-order valence-corrected chi connectivity index (χ4v) is 1.52. The largest absolute Gasteiger partial charge is 0.397 e. The molecule has 15 heavy (non-hydrogen) atoms. The highest BCUT2D eigenvalue weighted by atomic mass is 14.9. The second-order valence-corrected chi connectivity index (χ2v) is 3.29. The normalized spacial score (nSPS) is 10.7. The van der Waals surface area contributed by atoms with E-state index in [1.807, 2.05) is 0 Å². The monoisotopic (exact) mass is 204 g/mol. The number of nitrogens with zero attached hydrogens (tertiary/aromatic N) is 1. The SMILES string of the molecule is Nc1ccc2c(N)nc(N)c(N)c2c1N. The average Bonchev–Trinajstić information content (AvgIpc) is 2.19. The van der Waals surface area contributed by atoms with Crippen LogP contribution in [0.2, 0.25) is 0 Å². The van der Waals surface area contributed by atoms with Crippen molar-refractivity contribution in [2.24, 2.45) is 0 Å². The summed E-state index contributed by atoms with van der Waals surface area (Å²) in [5.41, 5.74) is 29.7. The van der Waals surface area contributed by atoms with Gasteiger partial charge in [-0.25, -0.2) is 4.98 Å². The van der Waals surface area contributed by atoms with Crippen molar-refractivity contribution in [3.63, 3.8) is 0 Å². The van der Waals surface area contributed by atoms with Crippen molar-refractivity contribution in [3.05, 3.63) is 12.1 Å². The quantitative estimate of drug-likeness (QED) is 0.386. The third-order valence-electron chi connectivity index (χ3n) is 2.34. The van der Waals surface area contributed by atoms with E-state index < -0.39 is 0 Å². The number of nitrogens with two attached hydrogens (primary N) is 5. The van der Waals surface area contributed by atoms with Crippen LogP contribution in [0, 0.1) is 0 Å². The Morgan fingerprint density at radius 3 is 2.13 bits per heavy atom. The minimum Gasteiger partial charge on any atom is -0.397 e. The van der Waals surface area contributed by atoms with Crippen molar-refractivity contribution >= 4 is 39.5 Å². The van der Waals surface area contributed by atoms with E-state index in [1.54, 1.807) is 12.1 Å².